The number of amides is 4. The molecular weight excluding hydrogens is 889 g/mol. The van der Waals surface area contributed by atoms with Crippen LogP contribution < -0.4 is 10.6 Å². The Morgan fingerprint density at radius 3 is 2.06 bits per heavy atom. The summed E-state index contributed by atoms with van der Waals surface area (Å²) in [5.41, 5.74) is 17.6. The molecule has 12 nitrogen and oxygen atoms in total. The molecule has 4 aromatic heterocycles. The van der Waals surface area contributed by atoms with Crippen molar-refractivity contribution in [3.05, 3.63) is 182 Å². The topological polar surface area (TPSA) is 153 Å². The van der Waals surface area contributed by atoms with E-state index in [2.05, 4.69) is 89.6 Å². The number of nitriles is 1. The van der Waals surface area contributed by atoms with E-state index in [-0.39, 0.29) is 12.1 Å². The van der Waals surface area contributed by atoms with E-state index in [4.69, 9.17) is 19.9 Å². The third kappa shape index (κ3) is 9.38. The molecule has 6 heterocycles. The van der Waals surface area contributed by atoms with E-state index < -0.39 is 0 Å². The van der Waals surface area contributed by atoms with Crippen molar-refractivity contribution in [2.45, 2.75) is 72.9 Å². The second-order valence-corrected chi connectivity index (χ2v) is 18.7. The second-order valence-electron chi connectivity index (χ2n) is 17.9. The Bertz CT molecular complexity index is 3340. The lowest BCUT2D eigenvalue weighted by atomic mass is 9.91. The number of benzene rings is 4. The van der Waals surface area contributed by atoms with Gasteiger partial charge in [-0.05, 0) is 114 Å². The van der Waals surface area contributed by atoms with Gasteiger partial charge < -0.3 is 20.4 Å². The molecule has 0 aliphatic carbocycles. The van der Waals surface area contributed by atoms with Gasteiger partial charge in [0.15, 0.2) is 11.6 Å². The Morgan fingerprint density at radius 1 is 0.671 bits per heavy atom. The SMILES string of the molecule is CCc1cccc(NC(=O)N2CCc3nc(-c4cscc4Cc4cccc(-c5nc(-c6cccnc6)nc6c5CN(C(=O)Nc5cc(C#N)cc(CC)c5)CC6)c4C)nc(-c4ccccc4C)c3C2)c1. The summed E-state index contributed by atoms with van der Waals surface area (Å²) in [5.74, 6) is 1.26. The molecule has 4 aromatic carbocycles. The summed E-state index contributed by atoms with van der Waals surface area (Å²) in [4.78, 5) is 56.7. The van der Waals surface area contributed by atoms with Crippen molar-refractivity contribution in [3.63, 3.8) is 0 Å². The minimum absolute atomic E-state index is 0.139. The zero-order chi connectivity index (χ0) is 48.3. The summed E-state index contributed by atoms with van der Waals surface area (Å²) >= 11 is 1.64. The average molecular weight is 941 g/mol. The van der Waals surface area contributed by atoms with Crippen molar-refractivity contribution >= 4 is 34.8 Å². The highest BCUT2D eigenvalue weighted by molar-refractivity contribution is 7.08. The zero-order valence-corrected chi connectivity index (χ0v) is 40.5. The molecule has 70 heavy (non-hydrogen) atoms. The normalized spacial score (nSPS) is 13.0. The fourth-order valence-corrected chi connectivity index (χ4v) is 10.3. The zero-order valence-electron chi connectivity index (χ0n) is 39.7. The van der Waals surface area contributed by atoms with E-state index in [9.17, 15) is 14.9 Å². The molecule has 0 atom stereocenters. The Balaban J connectivity index is 0.973. The van der Waals surface area contributed by atoms with Gasteiger partial charge in [0.25, 0.3) is 0 Å². The van der Waals surface area contributed by atoms with Gasteiger partial charge in [0.1, 0.15) is 0 Å². The molecule has 0 unspecified atom stereocenters. The second kappa shape index (κ2) is 19.9. The predicted molar refractivity (Wildman–Crippen MR) is 276 cm³/mol. The number of carbonyl (C=O) groups is 2. The lowest BCUT2D eigenvalue weighted by Gasteiger charge is -2.30. The average Bonchev–Trinajstić information content (AvgIpc) is 3.86. The highest BCUT2D eigenvalue weighted by Gasteiger charge is 2.30. The minimum Gasteiger partial charge on any atom is -0.320 e. The monoisotopic (exact) mass is 940 g/mol. The molecular formula is C57H52N10O2S. The highest BCUT2D eigenvalue weighted by Crippen LogP contribution is 2.38. The molecule has 10 rings (SSSR count). The fraction of sp³-hybridized carbons (Fsp3) is 0.228. The van der Waals surface area contributed by atoms with E-state index in [1.165, 1.54) is 5.56 Å². The van der Waals surface area contributed by atoms with Crippen LogP contribution in [-0.2, 0) is 45.2 Å². The van der Waals surface area contributed by atoms with E-state index in [1.54, 1.807) is 34.7 Å². The maximum absolute atomic E-state index is 13.9. The Morgan fingerprint density at radius 2 is 1.34 bits per heavy atom. The Hall–Kier alpha value is -8.08. The van der Waals surface area contributed by atoms with E-state index >= 15 is 0 Å². The summed E-state index contributed by atoms with van der Waals surface area (Å²) in [5, 5.41) is 20.2. The first-order chi connectivity index (χ1) is 34.2. The van der Waals surface area contributed by atoms with Gasteiger partial charge in [-0.2, -0.15) is 16.6 Å². The number of aryl methyl sites for hydroxylation is 3. The van der Waals surface area contributed by atoms with Crippen molar-refractivity contribution in [2.75, 3.05) is 23.7 Å². The molecule has 8 aromatic rings. The van der Waals surface area contributed by atoms with Gasteiger partial charge in [-0.3, -0.25) is 4.98 Å². The summed E-state index contributed by atoms with van der Waals surface area (Å²) in [7, 11) is 0. The summed E-state index contributed by atoms with van der Waals surface area (Å²) < 4.78 is 0. The number of urea groups is 2. The van der Waals surface area contributed by atoms with Gasteiger partial charge >= 0.3 is 12.1 Å². The van der Waals surface area contributed by atoms with Crippen molar-refractivity contribution in [1.82, 2.24) is 34.7 Å². The molecule has 348 valence electrons. The largest absolute Gasteiger partial charge is 0.322 e. The van der Waals surface area contributed by atoms with Gasteiger partial charge in [0, 0.05) is 88.5 Å². The molecule has 0 radical (unpaired) electrons. The van der Waals surface area contributed by atoms with E-state index in [0.29, 0.717) is 68.3 Å². The molecule has 13 heteroatoms. The first-order valence-electron chi connectivity index (χ1n) is 23.8. The molecule has 0 saturated heterocycles. The Labute approximate surface area is 412 Å². The fourth-order valence-electron chi connectivity index (χ4n) is 9.50. The molecule has 0 fully saturated rings. The first kappa shape index (κ1) is 45.7. The summed E-state index contributed by atoms with van der Waals surface area (Å²) in [6.07, 6.45) is 6.93. The molecule has 2 aliphatic rings. The van der Waals surface area contributed by atoms with Gasteiger partial charge in [0.05, 0.1) is 47.5 Å². The van der Waals surface area contributed by atoms with Crippen LogP contribution in [0.1, 0.15) is 75.3 Å². The van der Waals surface area contributed by atoms with Crippen LogP contribution in [0.3, 0.4) is 0 Å². The molecule has 0 spiro atoms. The molecule has 2 aliphatic heterocycles. The van der Waals surface area contributed by atoms with Crippen LogP contribution in [0.15, 0.2) is 120 Å². The quantitative estimate of drug-likeness (QED) is 0.137. The lowest BCUT2D eigenvalue weighted by molar-refractivity contribution is 0.205. The smallest absolute Gasteiger partial charge is 0.320 e. The minimum atomic E-state index is -0.244. The standard InChI is InChI=1S/C57H52N10O2S/c1-5-37-13-9-16-43(25-37)60-56(68)66-23-20-51-47(31-66)52(45-17-8-7-12-35(45)3)65-55(63-51)49-34-70-33-42(49)28-40-14-10-18-46(36(40)4)53-48-32-67(57(69)61-44-26-38(6-2)24-39(27-44)29-58)22-19-50(48)62-54(64-53)41-15-11-21-59-30-41/h7-18,21,24-27,30,33-34H,5-6,19-20,22-23,28,31-32H2,1-4H3,(H,60,68)(H,61,69). The maximum Gasteiger partial charge on any atom is 0.322 e. The van der Waals surface area contributed by atoms with E-state index in [0.717, 1.165) is 103 Å². The number of carbonyl (C=O) groups excluding carboxylic acids is 2. The summed E-state index contributed by atoms with van der Waals surface area (Å²) in [6, 6.07) is 33.8. The number of nitrogens with zero attached hydrogens (tertiary/aromatic N) is 8. The van der Waals surface area contributed by atoms with Crippen LogP contribution in [-0.4, -0.2) is 59.9 Å². The Kier molecular flexibility index (Phi) is 13.0. The van der Waals surface area contributed by atoms with Gasteiger partial charge in [-0.1, -0.05) is 68.4 Å². The third-order valence-electron chi connectivity index (χ3n) is 13.4. The number of thiophene rings is 1. The number of fused-ring (bicyclic) bond motifs is 2. The van der Waals surface area contributed by atoms with Crippen LogP contribution >= 0.6 is 11.3 Å². The number of rotatable bonds is 10. The number of hydrogen-bond acceptors (Lipinski definition) is 9. The molecule has 0 bridgehead atoms. The van der Waals surface area contributed by atoms with Crippen LogP contribution in [0.25, 0.3) is 45.3 Å². The van der Waals surface area contributed by atoms with Crippen LogP contribution in [0, 0.1) is 25.2 Å². The molecule has 0 saturated carbocycles. The van der Waals surface area contributed by atoms with Crippen LogP contribution in [0.2, 0.25) is 0 Å². The molecule has 2 N–H and O–H groups in total. The predicted octanol–water partition coefficient (Wildman–Crippen LogP) is 11.8. The number of pyridine rings is 1. The third-order valence-corrected chi connectivity index (χ3v) is 14.2. The van der Waals surface area contributed by atoms with Gasteiger partial charge in [-0.25, -0.2) is 29.5 Å². The van der Waals surface area contributed by atoms with Crippen molar-refractivity contribution in [3.8, 4) is 51.4 Å². The number of aromatic nitrogens is 5. The number of hydrogen-bond donors (Lipinski definition) is 2. The van der Waals surface area contributed by atoms with Crippen molar-refractivity contribution in [2.24, 2.45) is 0 Å². The first-order valence-corrected chi connectivity index (χ1v) is 24.8. The van der Waals surface area contributed by atoms with Crippen molar-refractivity contribution in [1.29, 1.82) is 5.26 Å². The lowest BCUT2D eigenvalue weighted by Crippen LogP contribution is -2.39. The maximum atomic E-state index is 13.9. The van der Waals surface area contributed by atoms with Gasteiger partial charge in [0.2, 0.25) is 0 Å². The molecule has 4 amide bonds. The van der Waals surface area contributed by atoms with Crippen LogP contribution in [0.4, 0.5) is 21.0 Å². The van der Waals surface area contributed by atoms with Gasteiger partial charge in [-0.15, -0.1) is 0 Å². The van der Waals surface area contributed by atoms with Crippen molar-refractivity contribution < 1.29 is 9.59 Å². The van der Waals surface area contributed by atoms with Crippen LogP contribution in [0.5, 0.6) is 0 Å². The number of nitrogens with one attached hydrogen (secondary N) is 2. The summed E-state index contributed by atoms with van der Waals surface area (Å²) in [6.45, 7) is 10.1. The number of anilines is 2. The highest BCUT2D eigenvalue weighted by atomic mass is 32.1. The van der Waals surface area contributed by atoms with E-state index in [1.807, 2.05) is 66.4 Å².